The fourth-order valence-corrected chi connectivity index (χ4v) is 2.90. The van der Waals surface area contributed by atoms with Gasteiger partial charge in [-0.05, 0) is 43.0 Å². The summed E-state index contributed by atoms with van der Waals surface area (Å²) in [4.78, 5) is 14.3. The van der Waals surface area contributed by atoms with Gasteiger partial charge in [0.2, 0.25) is 5.91 Å². The maximum absolute atomic E-state index is 13.9. The Labute approximate surface area is 136 Å². The van der Waals surface area contributed by atoms with Gasteiger partial charge in [-0.25, -0.2) is 4.39 Å². The number of nitrogens with one attached hydrogen (secondary N) is 1. The van der Waals surface area contributed by atoms with E-state index >= 15 is 0 Å². The summed E-state index contributed by atoms with van der Waals surface area (Å²) in [7, 11) is 0. The molecular weight excluding hydrogens is 291 g/mol. The summed E-state index contributed by atoms with van der Waals surface area (Å²) in [6, 6.07) is 14.8. The number of benzene rings is 2. The third-order valence-electron chi connectivity index (χ3n) is 4.18. The molecule has 0 saturated carbocycles. The fourth-order valence-electron chi connectivity index (χ4n) is 2.90. The summed E-state index contributed by atoms with van der Waals surface area (Å²) in [5.41, 5.74) is 2.35. The van der Waals surface area contributed by atoms with Gasteiger partial charge in [-0.3, -0.25) is 4.79 Å². The molecule has 1 aliphatic rings. The maximum atomic E-state index is 13.9. The van der Waals surface area contributed by atoms with Crippen LogP contribution in [-0.2, 0) is 11.2 Å². The van der Waals surface area contributed by atoms with Crippen LogP contribution in [0.3, 0.4) is 0 Å². The van der Waals surface area contributed by atoms with Crippen molar-refractivity contribution >= 4 is 17.3 Å². The molecule has 23 heavy (non-hydrogen) atoms. The van der Waals surface area contributed by atoms with Crippen LogP contribution in [0.25, 0.3) is 0 Å². The molecular formula is C19H21FN2O. The Hall–Kier alpha value is -2.36. The second-order valence-electron chi connectivity index (χ2n) is 5.89. The molecule has 3 nitrogen and oxygen atoms in total. The second kappa shape index (κ2) is 7.27. The Morgan fingerprint density at radius 3 is 2.57 bits per heavy atom. The van der Waals surface area contributed by atoms with Gasteiger partial charge in [0, 0.05) is 25.2 Å². The summed E-state index contributed by atoms with van der Waals surface area (Å²) in [6.45, 7) is 1.99. The minimum absolute atomic E-state index is 0.161. The van der Waals surface area contributed by atoms with Crippen molar-refractivity contribution in [3.63, 3.8) is 0 Å². The van der Waals surface area contributed by atoms with Crippen LogP contribution in [0.2, 0.25) is 0 Å². The molecule has 3 rings (SSSR count). The smallest absolute Gasteiger partial charge is 0.224 e. The van der Waals surface area contributed by atoms with E-state index in [2.05, 4.69) is 10.2 Å². The highest BCUT2D eigenvalue weighted by molar-refractivity contribution is 5.91. The summed E-state index contributed by atoms with van der Waals surface area (Å²) in [6.07, 6.45) is 3.32. The third-order valence-corrected chi connectivity index (χ3v) is 4.18. The van der Waals surface area contributed by atoms with E-state index in [1.807, 2.05) is 30.3 Å². The second-order valence-corrected chi connectivity index (χ2v) is 5.89. The van der Waals surface area contributed by atoms with Crippen molar-refractivity contribution in [1.29, 1.82) is 0 Å². The molecule has 1 saturated heterocycles. The molecule has 2 aromatic rings. The zero-order valence-electron chi connectivity index (χ0n) is 13.1. The lowest BCUT2D eigenvalue weighted by molar-refractivity contribution is -0.116. The van der Waals surface area contributed by atoms with Crippen LogP contribution >= 0.6 is 0 Å². The van der Waals surface area contributed by atoms with Gasteiger partial charge in [-0.1, -0.05) is 30.3 Å². The molecule has 0 aliphatic carbocycles. The van der Waals surface area contributed by atoms with E-state index < -0.39 is 0 Å². The Kier molecular flexibility index (Phi) is 4.91. The topological polar surface area (TPSA) is 32.3 Å². The van der Waals surface area contributed by atoms with E-state index in [4.69, 9.17) is 0 Å². The average molecular weight is 312 g/mol. The first-order valence-corrected chi connectivity index (χ1v) is 8.10. The lowest BCUT2D eigenvalue weighted by Crippen LogP contribution is -2.19. The molecule has 1 amide bonds. The zero-order chi connectivity index (χ0) is 16.1. The number of carbonyl (C=O) groups excluding carboxylic acids is 1. The van der Waals surface area contributed by atoms with Crippen LogP contribution in [0.5, 0.6) is 0 Å². The predicted molar refractivity (Wildman–Crippen MR) is 91.2 cm³/mol. The number of hydrogen-bond donors (Lipinski definition) is 1. The van der Waals surface area contributed by atoms with E-state index in [1.54, 1.807) is 12.1 Å². The molecule has 2 aromatic carbocycles. The minimum atomic E-state index is -0.388. The number of amides is 1. The normalized spacial score (nSPS) is 14.0. The van der Waals surface area contributed by atoms with E-state index in [-0.39, 0.29) is 17.4 Å². The van der Waals surface area contributed by atoms with Gasteiger partial charge in [0.05, 0.1) is 5.69 Å². The van der Waals surface area contributed by atoms with Gasteiger partial charge in [0.25, 0.3) is 0 Å². The minimum Gasteiger partial charge on any atom is -0.371 e. The summed E-state index contributed by atoms with van der Waals surface area (Å²) in [5.74, 6) is -0.549. The number of nitrogens with zero attached hydrogens (tertiary/aromatic N) is 1. The largest absolute Gasteiger partial charge is 0.371 e. The van der Waals surface area contributed by atoms with E-state index in [9.17, 15) is 9.18 Å². The quantitative estimate of drug-likeness (QED) is 0.905. The molecule has 1 aliphatic heterocycles. The highest BCUT2D eigenvalue weighted by Gasteiger charge is 2.15. The van der Waals surface area contributed by atoms with E-state index in [0.29, 0.717) is 12.8 Å². The highest BCUT2D eigenvalue weighted by atomic mass is 19.1. The first-order valence-electron chi connectivity index (χ1n) is 8.10. The summed E-state index contributed by atoms with van der Waals surface area (Å²) >= 11 is 0. The Morgan fingerprint density at radius 1 is 1.09 bits per heavy atom. The van der Waals surface area contributed by atoms with Crippen molar-refractivity contribution in [2.45, 2.75) is 25.7 Å². The first-order chi connectivity index (χ1) is 11.2. The number of anilines is 2. The number of rotatable bonds is 5. The molecule has 0 aromatic heterocycles. The number of aryl methyl sites for hydroxylation is 1. The van der Waals surface area contributed by atoms with Gasteiger partial charge in [-0.2, -0.15) is 0 Å². The molecule has 1 heterocycles. The lowest BCUT2D eigenvalue weighted by atomic mass is 10.1. The molecule has 0 spiro atoms. The van der Waals surface area contributed by atoms with E-state index in [0.717, 1.165) is 37.2 Å². The highest BCUT2D eigenvalue weighted by Crippen LogP contribution is 2.25. The fraction of sp³-hybridized carbons (Fsp3) is 0.316. The van der Waals surface area contributed by atoms with Crippen molar-refractivity contribution in [3.05, 3.63) is 59.9 Å². The van der Waals surface area contributed by atoms with Crippen LogP contribution < -0.4 is 10.2 Å². The molecule has 1 fully saturated rings. The SMILES string of the molecule is O=C(CCc1ccccc1)Nc1cc(N2CCCC2)ccc1F. The monoisotopic (exact) mass is 312 g/mol. The van der Waals surface area contributed by atoms with Crippen molar-refractivity contribution in [1.82, 2.24) is 0 Å². The van der Waals surface area contributed by atoms with Crippen LogP contribution in [0.1, 0.15) is 24.8 Å². The summed E-state index contributed by atoms with van der Waals surface area (Å²) < 4.78 is 13.9. The van der Waals surface area contributed by atoms with Crippen LogP contribution in [-0.4, -0.2) is 19.0 Å². The van der Waals surface area contributed by atoms with Crippen molar-refractivity contribution in [2.24, 2.45) is 0 Å². The molecule has 0 atom stereocenters. The first kappa shape index (κ1) is 15.5. The number of carbonyl (C=O) groups is 1. The molecule has 120 valence electrons. The van der Waals surface area contributed by atoms with Gasteiger partial charge in [0.1, 0.15) is 5.82 Å². The van der Waals surface area contributed by atoms with Crippen LogP contribution in [0.4, 0.5) is 15.8 Å². The van der Waals surface area contributed by atoms with Crippen LogP contribution in [0.15, 0.2) is 48.5 Å². The van der Waals surface area contributed by atoms with Gasteiger partial charge >= 0.3 is 0 Å². The third kappa shape index (κ3) is 4.09. The molecule has 0 radical (unpaired) electrons. The maximum Gasteiger partial charge on any atom is 0.224 e. The Bertz CT molecular complexity index is 666. The zero-order valence-corrected chi connectivity index (χ0v) is 13.1. The van der Waals surface area contributed by atoms with E-state index in [1.165, 1.54) is 6.07 Å². The standard InChI is InChI=1S/C19H21FN2O/c20-17-10-9-16(22-12-4-5-13-22)14-18(17)21-19(23)11-8-15-6-2-1-3-7-15/h1-3,6-7,9-10,14H,4-5,8,11-13H2,(H,21,23). The summed E-state index contributed by atoms with van der Waals surface area (Å²) in [5, 5.41) is 2.70. The van der Waals surface area contributed by atoms with Crippen molar-refractivity contribution < 1.29 is 9.18 Å². The Morgan fingerprint density at radius 2 is 1.83 bits per heavy atom. The molecule has 4 heteroatoms. The molecule has 1 N–H and O–H groups in total. The van der Waals surface area contributed by atoms with Crippen molar-refractivity contribution in [2.75, 3.05) is 23.3 Å². The average Bonchev–Trinajstić information content (AvgIpc) is 3.10. The van der Waals surface area contributed by atoms with Gasteiger partial charge in [0.15, 0.2) is 0 Å². The molecule has 0 unspecified atom stereocenters. The van der Waals surface area contributed by atoms with Gasteiger partial charge in [-0.15, -0.1) is 0 Å². The molecule has 0 bridgehead atoms. The number of hydrogen-bond acceptors (Lipinski definition) is 2. The number of halogens is 1. The van der Waals surface area contributed by atoms with Crippen LogP contribution in [0, 0.1) is 5.82 Å². The Balaban J connectivity index is 1.62. The lowest BCUT2D eigenvalue weighted by Gasteiger charge is -2.19. The predicted octanol–water partition coefficient (Wildman–Crippen LogP) is 4.00. The van der Waals surface area contributed by atoms with Crippen molar-refractivity contribution in [3.8, 4) is 0 Å². The van der Waals surface area contributed by atoms with Gasteiger partial charge < -0.3 is 10.2 Å².